The fourth-order valence-corrected chi connectivity index (χ4v) is 5.13. The first-order valence-electron chi connectivity index (χ1n) is 10.7. The van der Waals surface area contributed by atoms with Crippen molar-refractivity contribution in [3.8, 4) is 10.8 Å². The van der Waals surface area contributed by atoms with Gasteiger partial charge in [-0.25, -0.2) is 4.98 Å². The van der Waals surface area contributed by atoms with Crippen LogP contribution in [0, 0.1) is 6.92 Å². The van der Waals surface area contributed by atoms with Crippen LogP contribution in [0.2, 0.25) is 0 Å². The summed E-state index contributed by atoms with van der Waals surface area (Å²) in [5, 5.41) is 10.8. The zero-order valence-electron chi connectivity index (χ0n) is 17.9. The third kappa shape index (κ3) is 3.62. The van der Waals surface area contributed by atoms with Crippen LogP contribution in [-0.4, -0.2) is 43.6 Å². The summed E-state index contributed by atoms with van der Waals surface area (Å²) in [5.41, 5.74) is 1.42. The van der Waals surface area contributed by atoms with Gasteiger partial charge in [0.05, 0.1) is 11.6 Å². The van der Waals surface area contributed by atoms with Crippen LogP contribution in [0.25, 0.3) is 21.8 Å². The minimum absolute atomic E-state index is 0.208. The average molecular weight is 450 g/mol. The van der Waals surface area contributed by atoms with Gasteiger partial charge in [-0.1, -0.05) is 11.3 Å². The molecule has 0 atom stereocenters. The minimum Gasteiger partial charge on any atom is -0.462 e. The molecule has 8 nitrogen and oxygen atoms in total. The van der Waals surface area contributed by atoms with Crippen LogP contribution in [0.3, 0.4) is 0 Å². The summed E-state index contributed by atoms with van der Waals surface area (Å²) in [6, 6.07) is 7.27. The third-order valence-electron chi connectivity index (χ3n) is 5.94. The van der Waals surface area contributed by atoms with E-state index in [2.05, 4.69) is 15.2 Å². The van der Waals surface area contributed by atoms with E-state index in [9.17, 15) is 9.59 Å². The molecule has 0 radical (unpaired) electrons. The quantitative estimate of drug-likeness (QED) is 0.470. The van der Waals surface area contributed by atoms with Crippen molar-refractivity contribution in [2.45, 2.75) is 39.2 Å². The molecule has 164 valence electrons. The molecule has 1 aliphatic heterocycles. The van der Waals surface area contributed by atoms with Crippen molar-refractivity contribution in [1.29, 1.82) is 0 Å². The molecule has 0 bridgehead atoms. The Hall–Kier alpha value is -3.33. The molecule has 9 heteroatoms. The molecule has 0 saturated carbocycles. The van der Waals surface area contributed by atoms with Crippen molar-refractivity contribution < 1.29 is 9.21 Å². The van der Waals surface area contributed by atoms with Crippen LogP contribution in [0.1, 0.15) is 46.7 Å². The molecular weight excluding hydrogens is 426 g/mol. The number of carbonyl (C=O) groups excluding carboxylic acids is 1. The largest absolute Gasteiger partial charge is 0.462 e. The second-order valence-electron chi connectivity index (χ2n) is 7.97. The summed E-state index contributed by atoms with van der Waals surface area (Å²) in [6.45, 7) is 5.66. The molecule has 0 N–H and O–H groups in total. The highest BCUT2D eigenvalue weighted by Crippen LogP contribution is 2.33. The van der Waals surface area contributed by atoms with Gasteiger partial charge in [-0.15, -0.1) is 10.2 Å². The molecular formula is C23H23N5O3S. The Kier molecular flexibility index (Phi) is 5.34. The van der Waals surface area contributed by atoms with E-state index >= 15 is 0 Å². The lowest BCUT2D eigenvalue weighted by atomic mass is 9.97. The van der Waals surface area contributed by atoms with Crippen molar-refractivity contribution in [3.63, 3.8) is 0 Å². The number of furan rings is 1. The molecule has 4 aromatic rings. The lowest BCUT2D eigenvalue weighted by Crippen LogP contribution is -2.40. The number of fused-ring (bicyclic) bond motifs is 1. The zero-order chi connectivity index (χ0) is 22.2. The van der Waals surface area contributed by atoms with Gasteiger partial charge in [0, 0.05) is 37.4 Å². The Morgan fingerprint density at radius 3 is 2.75 bits per heavy atom. The van der Waals surface area contributed by atoms with Gasteiger partial charge in [0.25, 0.3) is 5.91 Å². The lowest BCUT2D eigenvalue weighted by molar-refractivity contribution is 0.0711. The molecule has 4 aromatic heterocycles. The second-order valence-corrected chi connectivity index (χ2v) is 8.98. The number of aromatic nitrogens is 4. The molecule has 1 aliphatic rings. The lowest BCUT2D eigenvalue weighted by Gasteiger charge is -2.31. The number of carbonyl (C=O) groups is 1. The van der Waals surface area contributed by atoms with Gasteiger partial charge in [-0.2, -0.15) is 0 Å². The zero-order valence-corrected chi connectivity index (χ0v) is 18.8. The van der Waals surface area contributed by atoms with Crippen LogP contribution in [0.15, 0.2) is 45.9 Å². The van der Waals surface area contributed by atoms with Gasteiger partial charge in [0.15, 0.2) is 10.8 Å². The Bertz CT molecular complexity index is 1330. The number of pyridine rings is 2. The number of rotatable bonds is 4. The third-order valence-corrected chi connectivity index (χ3v) is 7.04. The van der Waals surface area contributed by atoms with Crippen molar-refractivity contribution >= 4 is 28.3 Å². The van der Waals surface area contributed by atoms with Gasteiger partial charge < -0.3 is 13.9 Å². The van der Waals surface area contributed by atoms with E-state index < -0.39 is 0 Å². The van der Waals surface area contributed by atoms with E-state index in [-0.39, 0.29) is 22.8 Å². The van der Waals surface area contributed by atoms with E-state index in [4.69, 9.17) is 4.42 Å². The van der Waals surface area contributed by atoms with Crippen molar-refractivity contribution in [1.82, 2.24) is 24.6 Å². The topological polar surface area (TPSA) is 94.1 Å². The molecule has 0 aromatic carbocycles. The molecule has 1 amide bonds. The summed E-state index contributed by atoms with van der Waals surface area (Å²) in [5.74, 6) is 0.748. The Labute approximate surface area is 188 Å². The minimum atomic E-state index is -0.253. The second kappa shape index (κ2) is 8.31. The van der Waals surface area contributed by atoms with E-state index in [1.165, 1.54) is 11.3 Å². The molecule has 1 fully saturated rings. The summed E-state index contributed by atoms with van der Waals surface area (Å²) in [4.78, 5) is 32.6. The monoisotopic (exact) mass is 449 g/mol. The number of amides is 1. The van der Waals surface area contributed by atoms with Crippen molar-refractivity contribution in [3.05, 3.63) is 63.2 Å². The Morgan fingerprint density at radius 1 is 1.22 bits per heavy atom. The first-order valence-corrected chi connectivity index (χ1v) is 11.5. The van der Waals surface area contributed by atoms with Crippen LogP contribution < -0.4 is 5.43 Å². The summed E-state index contributed by atoms with van der Waals surface area (Å²) < 4.78 is 7.28. The van der Waals surface area contributed by atoms with Crippen molar-refractivity contribution in [2.24, 2.45) is 0 Å². The highest BCUT2D eigenvalue weighted by Gasteiger charge is 2.29. The van der Waals surface area contributed by atoms with Gasteiger partial charge >= 0.3 is 0 Å². The van der Waals surface area contributed by atoms with Gasteiger partial charge in [0.1, 0.15) is 16.2 Å². The molecule has 0 aliphatic carbocycles. The maximum absolute atomic E-state index is 13.3. The molecule has 5 heterocycles. The number of piperidine rings is 1. The highest BCUT2D eigenvalue weighted by molar-refractivity contribution is 7.14. The van der Waals surface area contributed by atoms with Crippen LogP contribution in [-0.2, 0) is 6.54 Å². The van der Waals surface area contributed by atoms with Crippen LogP contribution in [0.4, 0.5) is 0 Å². The standard InChI is InChI=1S/C23H23N5O3S/c1-3-27-13-17(19(29)16-7-6-14(2)24-20(16)27)23(30)28-10-8-15(9-11-28)21-25-26-22(32-21)18-5-4-12-31-18/h4-7,12-13,15H,3,8-11H2,1-2H3. The van der Waals surface area contributed by atoms with Crippen molar-refractivity contribution in [2.75, 3.05) is 13.1 Å². The maximum Gasteiger partial charge on any atom is 0.259 e. The SMILES string of the molecule is CCn1cc(C(=O)N2CCC(c3nnc(-c4ccco4)s3)CC2)c(=O)c2ccc(C)nc21. The predicted octanol–water partition coefficient (Wildman–Crippen LogP) is 3.86. The first kappa shape index (κ1) is 20.6. The normalized spacial score (nSPS) is 14.9. The summed E-state index contributed by atoms with van der Waals surface area (Å²) in [7, 11) is 0. The molecule has 0 spiro atoms. The number of aryl methyl sites for hydroxylation is 2. The number of likely N-dealkylation sites (tertiary alicyclic amines) is 1. The summed E-state index contributed by atoms with van der Waals surface area (Å²) >= 11 is 1.53. The Balaban J connectivity index is 1.35. The molecule has 0 unspecified atom stereocenters. The van der Waals surface area contributed by atoms with E-state index in [1.54, 1.807) is 23.4 Å². The van der Waals surface area contributed by atoms with Crippen LogP contribution >= 0.6 is 11.3 Å². The molecule has 1 saturated heterocycles. The number of hydrogen-bond acceptors (Lipinski definition) is 7. The maximum atomic E-state index is 13.3. The van der Waals surface area contributed by atoms with E-state index in [0.717, 1.165) is 34.3 Å². The van der Waals surface area contributed by atoms with Gasteiger partial charge in [-0.05, 0) is 51.0 Å². The molecule has 32 heavy (non-hydrogen) atoms. The highest BCUT2D eigenvalue weighted by atomic mass is 32.1. The number of nitrogens with zero attached hydrogens (tertiary/aromatic N) is 5. The van der Waals surface area contributed by atoms with Gasteiger partial charge in [-0.3, -0.25) is 9.59 Å². The van der Waals surface area contributed by atoms with Gasteiger partial charge in [0.2, 0.25) is 5.43 Å². The first-order chi connectivity index (χ1) is 15.5. The van der Waals surface area contributed by atoms with Crippen LogP contribution in [0.5, 0.6) is 0 Å². The summed E-state index contributed by atoms with van der Waals surface area (Å²) in [6.07, 6.45) is 4.85. The van der Waals surface area contributed by atoms with E-state index in [0.29, 0.717) is 30.7 Å². The fraction of sp³-hybridized carbons (Fsp3) is 0.348. The predicted molar refractivity (Wildman–Crippen MR) is 122 cm³/mol. The fourth-order valence-electron chi connectivity index (χ4n) is 4.15. The Morgan fingerprint density at radius 2 is 2.03 bits per heavy atom. The number of hydrogen-bond donors (Lipinski definition) is 0. The van der Waals surface area contributed by atoms with E-state index in [1.807, 2.05) is 36.6 Å². The average Bonchev–Trinajstić information content (AvgIpc) is 3.51. The smallest absolute Gasteiger partial charge is 0.259 e. The molecule has 5 rings (SSSR count).